The molecule has 0 radical (unpaired) electrons. The van der Waals surface area contributed by atoms with Crippen molar-refractivity contribution >= 4 is 10.0 Å². The van der Waals surface area contributed by atoms with Crippen molar-refractivity contribution in [3.05, 3.63) is 29.6 Å². The average Bonchev–Trinajstić information content (AvgIpc) is 2.47. The Bertz CT molecular complexity index is 589. The summed E-state index contributed by atoms with van der Waals surface area (Å²) >= 11 is 0. The second kappa shape index (κ2) is 6.85. The molecule has 2 atom stereocenters. The largest absolute Gasteiger partial charge is 0.326 e. The molecule has 0 bridgehead atoms. The fourth-order valence-electron chi connectivity index (χ4n) is 3.06. The minimum absolute atomic E-state index is 0.0366. The summed E-state index contributed by atoms with van der Waals surface area (Å²) < 4.78 is 41.3. The van der Waals surface area contributed by atoms with Gasteiger partial charge in [0.15, 0.2) is 0 Å². The summed E-state index contributed by atoms with van der Waals surface area (Å²) in [5.41, 5.74) is 6.01. The van der Waals surface area contributed by atoms with Gasteiger partial charge in [0.1, 0.15) is 5.82 Å². The van der Waals surface area contributed by atoms with Gasteiger partial charge in [-0.3, -0.25) is 0 Å². The molecule has 6 heteroatoms. The Morgan fingerprint density at radius 2 is 2.05 bits per heavy atom. The van der Waals surface area contributed by atoms with Crippen molar-refractivity contribution in [2.24, 2.45) is 11.7 Å². The maximum atomic E-state index is 13.4. The van der Waals surface area contributed by atoms with E-state index in [-0.39, 0.29) is 17.5 Å². The van der Waals surface area contributed by atoms with Crippen molar-refractivity contribution in [2.45, 2.75) is 56.5 Å². The predicted octanol–water partition coefficient (Wildman–Crippen LogP) is 2.53. The molecule has 0 spiro atoms. The third-order valence-corrected chi connectivity index (χ3v) is 5.85. The fraction of sp³-hybridized carbons (Fsp3) is 0.600. The van der Waals surface area contributed by atoms with E-state index in [1.165, 1.54) is 12.1 Å². The van der Waals surface area contributed by atoms with Crippen molar-refractivity contribution < 1.29 is 12.8 Å². The molecular formula is C15H23FN2O2S. The maximum absolute atomic E-state index is 13.4. The van der Waals surface area contributed by atoms with E-state index in [9.17, 15) is 12.8 Å². The molecule has 1 aromatic carbocycles. The van der Waals surface area contributed by atoms with Gasteiger partial charge in [-0.25, -0.2) is 17.5 Å². The number of nitrogens with two attached hydrogens (primary N) is 1. The van der Waals surface area contributed by atoms with Crippen LogP contribution in [0.3, 0.4) is 0 Å². The number of rotatable bonds is 5. The van der Waals surface area contributed by atoms with E-state index in [4.69, 9.17) is 5.73 Å². The summed E-state index contributed by atoms with van der Waals surface area (Å²) in [5, 5.41) is 0. The van der Waals surface area contributed by atoms with Crippen molar-refractivity contribution in [1.82, 2.24) is 4.72 Å². The Kier molecular flexibility index (Phi) is 5.35. The van der Waals surface area contributed by atoms with Crippen LogP contribution in [-0.4, -0.2) is 14.5 Å². The summed E-state index contributed by atoms with van der Waals surface area (Å²) in [6.07, 6.45) is 4.99. The summed E-state index contributed by atoms with van der Waals surface area (Å²) in [7, 11) is -3.74. The standard InChI is InChI=1S/C15H23FN2O2S/c1-2-11-5-3-4-6-14(11)18-21(19,20)15-9-13(16)8-7-12(15)10-17/h7-9,11,14,18H,2-6,10,17H2,1H3. The molecule has 21 heavy (non-hydrogen) atoms. The molecular weight excluding hydrogens is 291 g/mol. The van der Waals surface area contributed by atoms with Crippen LogP contribution < -0.4 is 10.5 Å². The van der Waals surface area contributed by atoms with E-state index in [1.54, 1.807) is 0 Å². The van der Waals surface area contributed by atoms with E-state index in [1.807, 2.05) is 0 Å². The van der Waals surface area contributed by atoms with Gasteiger partial charge in [-0.05, 0) is 36.5 Å². The first-order chi connectivity index (χ1) is 9.97. The first-order valence-electron chi connectivity index (χ1n) is 7.48. The smallest absolute Gasteiger partial charge is 0.241 e. The molecule has 1 saturated carbocycles. The molecule has 1 aliphatic carbocycles. The van der Waals surface area contributed by atoms with E-state index < -0.39 is 15.8 Å². The van der Waals surface area contributed by atoms with E-state index in [2.05, 4.69) is 11.6 Å². The highest BCUT2D eigenvalue weighted by Gasteiger charge is 2.29. The van der Waals surface area contributed by atoms with Gasteiger partial charge < -0.3 is 5.73 Å². The van der Waals surface area contributed by atoms with Crippen LogP contribution in [0.5, 0.6) is 0 Å². The topological polar surface area (TPSA) is 72.2 Å². The number of sulfonamides is 1. The van der Waals surface area contributed by atoms with Crippen LogP contribution in [0.2, 0.25) is 0 Å². The molecule has 2 unspecified atom stereocenters. The third kappa shape index (κ3) is 3.81. The Balaban J connectivity index is 2.27. The van der Waals surface area contributed by atoms with Crippen molar-refractivity contribution in [3.8, 4) is 0 Å². The maximum Gasteiger partial charge on any atom is 0.241 e. The van der Waals surface area contributed by atoms with Gasteiger partial charge in [0.25, 0.3) is 0 Å². The zero-order valence-corrected chi connectivity index (χ0v) is 13.1. The molecule has 1 aliphatic rings. The molecule has 1 fully saturated rings. The zero-order valence-electron chi connectivity index (χ0n) is 12.3. The SMILES string of the molecule is CCC1CCCCC1NS(=O)(=O)c1cc(F)ccc1CN. The Morgan fingerprint density at radius 1 is 1.33 bits per heavy atom. The second-order valence-corrected chi connectivity index (χ2v) is 7.32. The van der Waals surface area contributed by atoms with Gasteiger partial charge in [0.05, 0.1) is 4.90 Å². The molecule has 0 aromatic heterocycles. The van der Waals surface area contributed by atoms with Gasteiger partial charge in [0.2, 0.25) is 10.0 Å². The van der Waals surface area contributed by atoms with Crippen LogP contribution in [-0.2, 0) is 16.6 Å². The molecule has 1 aromatic rings. The lowest BCUT2D eigenvalue weighted by Crippen LogP contribution is -2.42. The van der Waals surface area contributed by atoms with Crippen LogP contribution in [0.25, 0.3) is 0 Å². The number of hydrogen-bond donors (Lipinski definition) is 2. The van der Waals surface area contributed by atoms with Gasteiger partial charge >= 0.3 is 0 Å². The quantitative estimate of drug-likeness (QED) is 0.877. The van der Waals surface area contributed by atoms with Gasteiger partial charge in [-0.1, -0.05) is 32.3 Å². The van der Waals surface area contributed by atoms with E-state index in [0.717, 1.165) is 38.2 Å². The second-order valence-electron chi connectivity index (χ2n) is 5.64. The summed E-state index contributed by atoms with van der Waals surface area (Å²) in [5.74, 6) is -0.216. The first-order valence-corrected chi connectivity index (χ1v) is 8.97. The third-order valence-electron chi connectivity index (χ3n) is 4.28. The Hall–Kier alpha value is -0.980. The van der Waals surface area contributed by atoms with Crippen LogP contribution in [0.1, 0.15) is 44.6 Å². The van der Waals surface area contributed by atoms with E-state index >= 15 is 0 Å². The first kappa shape index (κ1) is 16.4. The number of halogens is 1. The molecule has 2 rings (SSSR count). The monoisotopic (exact) mass is 314 g/mol. The highest BCUT2D eigenvalue weighted by atomic mass is 32.2. The highest BCUT2D eigenvalue weighted by Crippen LogP contribution is 2.28. The minimum Gasteiger partial charge on any atom is -0.326 e. The molecule has 0 heterocycles. The molecule has 0 saturated heterocycles. The predicted molar refractivity (Wildman–Crippen MR) is 80.6 cm³/mol. The van der Waals surface area contributed by atoms with Gasteiger partial charge in [0, 0.05) is 12.6 Å². The lowest BCUT2D eigenvalue weighted by molar-refractivity contribution is 0.282. The molecule has 0 aliphatic heterocycles. The summed E-state index contributed by atoms with van der Waals surface area (Å²) in [4.78, 5) is -0.0366. The van der Waals surface area contributed by atoms with Gasteiger partial charge in [-0.2, -0.15) is 0 Å². The van der Waals surface area contributed by atoms with Crippen molar-refractivity contribution in [2.75, 3.05) is 0 Å². The average molecular weight is 314 g/mol. The number of benzene rings is 1. The van der Waals surface area contributed by atoms with Crippen LogP contribution in [0.4, 0.5) is 4.39 Å². The fourth-order valence-corrected chi connectivity index (χ4v) is 4.66. The Morgan fingerprint density at radius 3 is 2.71 bits per heavy atom. The minimum atomic E-state index is -3.74. The lowest BCUT2D eigenvalue weighted by atomic mass is 9.83. The van der Waals surface area contributed by atoms with Gasteiger partial charge in [-0.15, -0.1) is 0 Å². The zero-order chi connectivity index (χ0) is 15.5. The number of hydrogen-bond acceptors (Lipinski definition) is 3. The molecule has 118 valence electrons. The van der Waals surface area contributed by atoms with Crippen molar-refractivity contribution in [3.63, 3.8) is 0 Å². The lowest BCUT2D eigenvalue weighted by Gasteiger charge is -2.31. The van der Waals surface area contributed by atoms with Crippen molar-refractivity contribution in [1.29, 1.82) is 0 Å². The van der Waals surface area contributed by atoms with Crippen LogP contribution in [0, 0.1) is 11.7 Å². The number of nitrogens with one attached hydrogen (secondary N) is 1. The molecule has 4 nitrogen and oxygen atoms in total. The summed E-state index contributed by atoms with van der Waals surface area (Å²) in [6, 6.07) is 3.65. The normalized spacial score (nSPS) is 23.2. The van der Waals surface area contributed by atoms with Crippen LogP contribution in [0.15, 0.2) is 23.1 Å². The highest BCUT2D eigenvalue weighted by molar-refractivity contribution is 7.89. The van der Waals surface area contributed by atoms with E-state index in [0.29, 0.717) is 11.5 Å². The molecule has 0 amide bonds. The molecule has 3 N–H and O–H groups in total. The Labute approximate surface area is 126 Å². The summed E-state index contributed by atoms with van der Waals surface area (Å²) in [6.45, 7) is 2.14. The van der Waals surface area contributed by atoms with Crippen LogP contribution >= 0.6 is 0 Å².